The number of hydrogen-bond acceptors (Lipinski definition) is 6. The van der Waals surface area contributed by atoms with Gasteiger partial charge in [-0.15, -0.1) is 11.3 Å². The number of hydrogen-bond donors (Lipinski definition) is 2. The van der Waals surface area contributed by atoms with E-state index >= 15 is 8.78 Å². The number of alkyl halides is 5. The zero-order chi connectivity index (χ0) is 25.9. The zero-order valence-electron chi connectivity index (χ0n) is 19.1. The fourth-order valence-electron chi connectivity index (χ4n) is 3.12. The Morgan fingerprint density at radius 2 is 1.71 bits per heavy atom. The Hall–Kier alpha value is -1.59. The minimum Gasteiger partial charge on any atom is -0.492 e. The summed E-state index contributed by atoms with van der Waals surface area (Å²) in [7, 11) is -3.02. The van der Waals surface area contributed by atoms with E-state index in [-0.39, 0.29) is 47.2 Å². The van der Waals surface area contributed by atoms with E-state index in [4.69, 9.17) is 19.5 Å². The predicted octanol–water partition coefficient (Wildman–Crippen LogP) is 6.38. The van der Waals surface area contributed by atoms with Gasteiger partial charge in [0.15, 0.2) is 0 Å². The van der Waals surface area contributed by atoms with Gasteiger partial charge in [-0.1, -0.05) is 0 Å². The third kappa shape index (κ3) is 6.75. The van der Waals surface area contributed by atoms with E-state index in [1.54, 1.807) is 13.8 Å². The Morgan fingerprint density at radius 3 is 2.18 bits per heavy atom. The van der Waals surface area contributed by atoms with Crippen LogP contribution in [0.5, 0.6) is 5.75 Å². The highest BCUT2D eigenvalue weighted by molar-refractivity contribution is 7.48. The minimum absolute atomic E-state index is 0.0309. The van der Waals surface area contributed by atoms with Crippen LogP contribution in [0, 0.1) is 0 Å². The molecule has 0 atom stereocenters. The van der Waals surface area contributed by atoms with Crippen LogP contribution in [0.25, 0.3) is 10.1 Å². The molecule has 2 rings (SSSR count). The quantitative estimate of drug-likeness (QED) is 0.188. The van der Waals surface area contributed by atoms with Crippen molar-refractivity contribution < 1.29 is 45.6 Å². The molecule has 3 N–H and O–H groups in total. The number of halogens is 5. The molecular weight excluding hydrogens is 504 g/mol. The van der Waals surface area contributed by atoms with Crippen LogP contribution in [0.2, 0.25) is 0 Å². The van der Waals surface area contributed by atoms with Gasteiger partial charge in [0.05, 0.1) is 40.6 Å². The number of amides is 1. The number of nitrogens with two attached hydrogens (primary N) is 1. The highest BCUT2D eigenvalue weighted by Gasteiger charge is 2.53. The predicted molar refractivity (Wildman–Crippen MR) is 120 cm³/mol. The van der Waals surface area contributed by atoms with Crippen molar-refractivity contribution in [3.63, 3.8) is 0 Å². The first-order chi connectivity index (χ1) is 15.6. The maximum atomic E-state index is 15.4. The van der Waals surface area contributed by atoms with Crippen LogP contribution < -0.4 is 10.5 Å². The molecule has 13 heteroatoms. The first-order valence-corrected chi connectivity index (χ1v) is 12.4. The van der Waals surface area contributed by atoms with Crippen LogP contribution in [0.3, 0.4) is 0 Å². The summed E-state index contributed by atoms with van der Waals surface area (Å²) in [5.74, 6) is -1.22. The smallest absolute Gasteiger partial charge is 0.418 e. The van der Waals surface area contributed by atoms with Gasteiger partial charge in [0.2, 0.25) is 5.91 Å². The number of thiophene rings is 1. The Balaban J connectivity index is 2.70. The van der Waals surface area contributed by atoms with Gasteiger partial charge in [0, 0.05) is 10.9 Å². The Morgan fingerprint density at radius 1 is 1.12 bits per heavy atom. The first kappa shape index (κ1) is 28.6. The van der Waals surface area contributed by atoms with Gasteiger partial charge in [-0.2, -0.15) is 22.0 Å². The standard InChI is InChI=1S/C21H27F5NO5PS/c1-5-31-33(32-6-2)21(25,26)17-15(20(22,23)24)13-10-12(18(27)28)11-14(16(13)34-17)30-9-7-8-19(3,4)29/h10-11,29H,5-9H2,1-4H3,(H2,27,28). The second-order valence-corrected chi connectivity index (χ2v) is 10.5. The minimum atomic E-state index is -5.18. The number of benzene rings is 1. The number of primary amides is 1. The fourth-order valence-corrected chi connectivity index (χ4v) is 5.77. The number of rotatable bonds is 12. The molecule has 0 radical (unpaired) electrons. The van der Waals surface area contributed by atoms with Gasteiger partial charge >= 0.3 is 11.8 Å². The summed E-state index contributed by atoms with van der Waals surface area (Å²) in [6.45, 7) is 5.62. The van der Waals surface area contributed by atoms with Gasteiger partial charge < -0.3 is 24.6 Å². The second-order valence-electron chi connectivity index (χ2n) is 7.92. The van der Waals surface area contributed by atoms with Crippen molar-refractivity contribution in [3.05, 3.63) is 28.1 Å². The number of carbonyl (C=O) groups is 1. The number of ether oxygens (including phenoxy) is 1. The van der Waals surface area contributed by atoms with Crippen molar-refractivity contribution in [1.82, 2.24) is 0 Å². The lowest BCUT2D eigenvalue weighted by Crippen LogP contribution is -2.19. The molecule has 0 saturated carbocycles. The summed E-state index contributed by atoms with van der Waals surface area (Å²) >= 11 is 0.208. The lowest BCUT2D eigenvalue weighted by molar-refractivity contribution is -0.138. The van der Waals surface area contributed by atoms with Crippen LogP contribution in [0.15, 0.2) is 12.1 Å². The van der Waals surface area contributed by atoms with E-state index in [0.717, 1.165) is 12.1 Å². The highest BCUT2D eigenvalue weighted by Crippen LogP contribution is 2.64. The molecule has 0 bridgehead atoms. The average molecular weight is 531 g/mol. The Bertz CT molecular complexity index is 1000. The summed E-state index contributed by atoms with van der Waals surface area (Å²) in [6, 6.07) is 1.96. The Labute approximate surface area is 199 Å². The summed E-state index contributed by atoms with van der Waals surface area (Å²) < 4.78 is 88.4. The van der Waals surface area contributed by atoms with Gasteiger partial charge in [-0.3, -0.25) is 4.79 Å². The molecule has 6 nitrogen and oxygen atoms in total. The van der Waals surface area contributed by atoms with Crippen LogP contribution in [-0.4, -0.2) is 36.4 Å². The third-order valence-electron chi connectivity index (χ3n) is 4.51. The van der Waals surface area contributed by atoms with E-state index in [9.17, 15) is 23.1 Å². The molecule has 1 heterocycles. The van der Waals surface area contributed by atoms with Gasteiger partial charge in [0.1, 0.15) is 5.75 Å². The summed E-state index contributed by atoms with van der Waals surface area (Å²) in [4.78, 5) is 10.5. The SMILES string of the molecule is CCOP(OCC)C(F)(F)c1sc2c(OCCCC(C)(C)O)cc(C(N)=O)cc2c1C(F)(F)F. The van der Waals surface area contributed by atoms with Gasteiger partial charge in [-0.05, 0) is 52.7 Å². The monoisotopic (exact) mass is 531 g/mol. The summed E-state index contributed by atoms with van der Waals surface area (Å²) in [5.41, 5.74) is -1.73. The summed E-state index contributed by atoms with van der Waals surface area (Å²) in [5, 5.41) is 9.20. The molecule has 0 saturated heterocycles. The molecule has 2 aromatic rings. The van der Waals surface area contributed by atoms with E-state index in [1.165, 1.54) is 13.8 Å². The van der Waals surface area contributed by atoms with Crippen molar-refractivity contribution in [2.75, 3.05) is 19.8 Å². The van der Waals surface area contributed by atoms with Crippen LogP contribution >= 0.6 is 19.7 Å². The topological polar surface area (TPSA) is 91.0 Å². The fraction of sp³-hybridized carbons (Fsp3) is 0.571. The lowest BCUT2D eigenvalue weighted by atomic mass is 10.0. The molecule has 34 heavy (non-hydrogen) atoms. The number of aliphatic hydroxyl groups is 1. The van der Waals surface area contributed by atoms with Crippen molar-refractivity contribution in [2.45, 2.75) is 58.0 Å². The van der Waals surface area contributed by atoms with E-state index in [0.29, 0.717) is 12.8 Å². The maximum absolute atomic E-state index is 15.4. The van der Waals surface area contributed by atoms with Crippen LogP contribution in [0.1, 0.15) is 61.3 Å². The molecule has 0 aliphatic carbocycles. The molecule has 0 aliphatic rings. The molecule has 0 aliphatic heterocycles. The van der Waals surface area contributed by atoms with Crippen molar-refractivity contribution in [1.29, 1.82) is 0 Å². The highest BCUT2D eigenvalue weighted by atomic mass is 32.1. The van der Waals surface area contributed by atoms with E-state index in [1.807, 2.05) is 0 Å². The zero-order valence-corrected chi connectivity index (χ0v) is 20.8. The van der Waals surface area contributed by atoms with Crippen molar-refractivity contribution >= 4 is 35.7 Å². The van der Waals surface area contributed by atoms with Crippen LogP contribution in [-0.2, 0) is 20.9 Å². The van der Waals surface area contributed by atoms with Crippen molar-refractivity contribution in [3.8, 4) is 5.75 Å². The van der Waals surface area contributed by atoms with Gasteiger partial charge in [0.25, 0.3) is 8.38 Å². The largest absolute Gasteiger partial charge is 0.492 e. The molecule has 0 spiro atoms. The lowest BCUT2D eigenvalue weighted by Gasteiger charge is -2.25. The van der Waals surface area contributed by atoms with Crippen LogP contribution in [0.4, 0.5) is 22.0 Å². The number of fused-ring (bicyclic) bond motifs is 1. The second kappa shape index (κ2) is 11.0. The van der Waals surface area contributed by atoms with E-state index < -0.39 is 47.6 Å². The molecule has 0 fully saturated rings. The average Bonchev–Trinajstić information content (AvgIpc) is 3.11. The molecular formula is C21H27F5NO5PS. The van der Waals surface area contributed by atoms with E-state index in [2.05, 4.69) is 0 Å². The molecule has 192 valence electrons. The normalized spacial score (nSPS) is 13.1. The first-order valence-electron chi connectivity index (χ1n) is 10.4. The van der Waals surface area contributed by atoms with Crippen molar-refractivity contribution in [2.24, 2.45) is 5.73 Å². The maximum Gasteiger partial charge on any atom is 0.418 e. The molecule has 1 aromatic heterocycles. The molecule has 0 unspecified atom stereocenters. The molecule has 1 amide bonds. The number of carbonyl (C=O) groups excluding carboxylic acids is 1. The molecule has 1 aromatic carbocycles. The third-order valence-corrected chi connectivity index (χ3v) is 7.62. The van der Waals surface area contributed by atoms with Gasteiger partial charge in [-0.25, -0.2) is 0 Å². The summed E-state index contributed by atoms with van der Waals surface area (Å²) in [6.07, 6.45) is -4.53. The Kier molecular flexibility index (Phi) is 9.26.